The highest BCUT2D eigenvalue weighted by Gasteiger charge is 2.28. The molecule has 1 fully saturated rings. The van der Waals surface area contributed by atoms with Crippen molar-refractivity contribution in [2.75, 3.05) is 19.0 Å². The number of halogens is 1. The van der Waals surface area contributed by atoms with Crippen LogP contribution in [0.5, 0.6) is 0 Å². The Hall–Kier alpha value is -0.970. The minimum atomic E-state index is -0.497. The molecule has 104 valence electrons. The number of hydrogen-bond donors (Lipinski definition) is 1. The average Bonchev–Trinajstić information content (AvgIpc) is 2.27. The molecule has 1 rings (SSSR count). The third-order valence-electron chi connectivity index (χ3n) is 2.56. The number of carbonyl (C=O) groups is 2. The average molecular weight is 277 g/mol. The number of hydrogen-bond acceptors (Lipinski definition) is 3. The molecule has 1 heterocycles. The molecule has 0 bridgehead atoms. The van der Waals surface area contributed by atoms with Gasteiger partial charge in [0, 0.05) is 19.1 Å². The number of nitrogens with one attached hydrogen (secondary N) is 1. The van der Waals surface area contributed by atoms with Crippen LogP contribution in [-0.4, -0.2) is 47.5 Å². The third kappa shape index (κ3) is 5.12. The van der Waals surface area contributed by atoms with Crippen molar-refractivity contribution in [3.05, 3.63) is 0 Å². The van der Waals surface area contributed by atoms with E-state index >= 15 is 0 Å². The zero-order chi connectivity index (χ0) is 13.8. The Morgan fingerprint density at radius 3 is 2.67 bits per heavy atom. The lowest BCUT2D eigenvalue weighted by atomic mass is 10.1. The summed E-state index contributed by atoms with van der Waals surface area (Å²) in [5, 5.41) is 2.80. The lowest BCUT2D eigenvalue weighted by molar-refractivity contribution is -0.119. The molecule has 1 atom stereocenters. The molecule has 18 heavy (non-hydrogen) atoms. The molecular weight excluding hydrogens is 256 g/mol. The second kappa shape index (κ2) is 6.27. The second-order valence-corrected chi connectivity index (χ2v) is 5.73. The van der Waals surface area contributed by atoms with Crippen molar-refractivity contribution < 1.29 is 14.3 Å². The van der Waals surface area contributed by atoms with Crippen molar-refractivity contribution in [3.63, 3.8) is 0 Å². The van der Waals surface area contributed by atoms with Gasteiger partial charge in [0.1, 0.15) is 11.5 Å². The summed E-state index contributed by atoms with van der Waals surface area (Å²) < 4.78 is 5.31. The first-order valence-corrected chi connectivity index (χ1v) is 6.68. The van der Waals surface area contributed by atoms with Gasteiger partial charge in [-0.05, 0) is 33.6 Å². The first-order chi connectivity index (χ1) is 8.31. The maximum atomic E-state index is 11.9. The van der Waals surface area contributed by atoms with E-state index in [4.69, 9.17) is 16.3 Å². The van der Waals surface area contributed by atoms with E-state index in [2.05, 4.69) is 5.32 Å². The molecule has 1 aliphatic rings. The van der Waals surface area contributed by atoms with E-state index in [0.717, 1.165) is 12.8 Å². The predicted molar refractivity (Wildman–Crippen MR) is 69.7 cm³/mol. The monoisotopic (exact) mass is 276 g/mol. The largest absolute Gasteiger partial charge is 0.444 e. The Bertz CT molecular complexity index is 315. The van der Waals surface area contributed by atoms with Crippen LogP contribution in [-0.2, 0) is 9.53 Å². The van der Waals surface area contributed by atoms with E-state index in [1.165, 1.54) is 0 Å². The molecular formula is C12H21ClN2O3. The topological polar surface area (TPSA) is 58.6 Å². The van der Waals surface area contributed by atoms with Crippen LogP contribution in [0.2, 0.25) is 0 Å². The van der Waals surface area contributed by atoms with E-state index in [-0.39, 0.29) is 23.9 Å². The highest BCUT2D eigenvalue weighted by molar-refractivity contribution is 6.27. The van der Waals surface area contributed by atoms with Crippen LogP contribution < -0.4 is 5.32 Å². The third-order valence-corrected chi connectivity index (χ3v) is 2.80. The van der Waals surface area contributed by atoms with Gasteiger partial charge in [0.05, 0.1) is 0 Å². The summed E-state index contributed by atoms with van der Waals surface area (Å²) in [6.45, 7) is 6.66. The first-order valence-electron chi connectivity index (χ1n) is 6.15. The van der Waals surface area contributed by atoms with Crippen LogP contribution >= 0.6 is 11.6 Å². The van der Waals surface area contributed by atoms with Gasteiger partial charge in [-0.2, -0.15) is 0 Å². The van der Waals surface area contributed by atoms with Crippen molar-refractivity contribution in [3.8, 4) is 0 Å². The van der Waals surface area contributed by atoms with E-state index in [0.29, 0.717) is 13.1 Å². The Morgan fingerprint density at radius 1 is 1.44 bits per heavy atom. The lowest BCUT2D eigenvalue weighted by Gasteiger charge is -2.34. The Balaban J connectivity index is 2.48. The minimum Gasteiger partial charge on any atom is -0.444 e. The zero-order valence-corrected chi connectivity index (χ0v) is 11.9. The normalized spacial score (nSPS) is 20.4. The van der Waals surface area contributed by atoms with Gasteiger partial charge in [-0.25, -0.2) is 4.79 Å². The number of nitrogens with zero attached hydrogens (tertiary/aromatic N) is 1. The van der Waals surface area contributed by atoms with Gasteiger partial charge < -0.3 is 15.0 Å². The van der Waals surface area contributed by atoms with Gasteiger partial charge in [0.25, 0.3) is 0 Å². The van der Waals surface area contributed by atoms with Crippen LogP contribution in [0.4, 0.5) is 4.79 Å². The van der Waals surface area contributed by atoms with Crippen LogP contribution in [0.1, 0.15) is 33.6 Å². The molecule has 6 heteroatoms. The Kier molecular flexibility index (Phi) is 5.26. The molecule has 1 saturated heterocycles. The van der Waals surface area contributed by atoms with E-state index in [1.54, 1.807) is 4.90 Å². The minimum absolute atomic E-state index is 0.0301. The van der Waals surface area contributed by atoms with Crippen molar-refractivity contribution in [1.29, 1.82) is 0 Å². The summed E-state index contributed by atoms with van der Waals surface area (Å²) in [4.78, 5) is 24.7. The molecule has 0 radical (unpaired) electrons. The fourth-order valence-corrected chi connectivity index (χ4v) is 1.93. The first kappa shape index (κ1) is 15.1. The van der Waals surface area contributed by atoms with Crippen LogP contribution in [0.3, 0.4) is 0 Å². The molecule has 1 aliphatic heterocycles. The van der Waals surface area contributed by atoms with E-state index in [9.17, 15) is 9.59 Å². The summed E-state index contributed by atoms with van der Waals surface area (Å²) in [5.74, 6) is -0.254. The molecule has 0 aromatic carbocycles. The highest BCUT2D eigenvalue weighted by Crippen LogP contribution is 2.15. The summed E-state index contributed by atoms with van der Waals surface area (Å²) >= 11 is 5.44. The number of likely N-dealkylation sites (tertiary alicyclic amines) is 1. The van der Waals surface area contributed by atoms with Crippen LogP contribution in [0.15, 0.2) is 0 Å². The van der Waals surface area contributed by atoms with E-state index in [1.807, 2.05) is 20.8 Å². The fraction of sp³-hybridized carbons (Fsp3) is 0.833. The maximum absolute atomic E-state index is 11.9. The molecule has 0 spiro atoms. The van der Waals surface area contributed by atoms with Gasteiger partial charge >= 0.3 is 6.09 Å². The molecule has 0 aromatic rings. The van der Waals surface area contributed by atoms with Crippen molar-refractivity contribution in [2.45, 2.75) is 45.3 Å². The highest BCUT2D eigenvalue weighted by atomic mass is 35.5. The smallest absolute Gasteiger partial charge is 0.410 e. The summed E-state index contributed by atoms with van der Waals surface area (Å²) in [6.07, 6.45) is 1.39. The van der Waals surface area contributed by atoms with Gasteiger partial charge in [0.15, 0.2) is 0 Å². The summed E-state index contributed by atoms with van der Waals surface area (Å²) in [7, 11) is 0. The fourth-order valence-electron chi connectivity index (χ4n) is 1.85. The summed E-state index contributed by atoms with van der Waals surface area (Å²) in [5.41, 5.74) is -0.497. The van der Waals surface area contributed by atoms with Crippen molar-refractivity contribution >= 4 is 23.6 Å². The number of alkyl halides is 1. The predicted octanol–water partition coefficient (Wildman–Crippen LogP) is 1.74. The molecule has 2 amide bonds. The quantitative estimate of drug-likeness (QED) is 0.782. The van der Waals surface area contributed by atoms with Crippen LogP contribution in [0.25, 0.3) is 0 Å². The number of rotatable bonds is 2. The Labute approximate surface area is 113 Å². The SMILES string of the molecule is CC(C)(C)OC(=O)N1CCCC(NC(=O)CCl)C1. The molecule has 1 unspecified atom stereocenters. The zero-order valence-electron chi connectivity index (χ0n) is 11.2. The van der Waals surface area contributed by atoms with Gasteiger partial charge in [-0.3, -0.25) is 4.79 Å². The van der Waals surface area contributed by atoms with Gasteiger partial charge in [-0.15, -0.1) is 11.6 Å². The molecule has 0 aromatic heterocycles. The molecule has 1 N–H and O–H groups in total. The van der Waals surface area contributed by atoms with E-state index < -0.39 is 5.60 Å². The lowest BCUT2D eigenvalue weighted by Crippen LogP contribution is -2.50. The maximum Gasteiger partial charge on any atom is 0.410 e. The standard InChI is InChI=1S/C12H21ClN2O3/c1-12(2,3)18-11(17)15-6-4-5-9(8-15)14-10(16)7-13/h9H,4-8H2,1-3H3,(H,14,16). The van der Waals surface area contributed by atoms with Crippen molar-refractivity contribution in [1.82, 2.24) is 10.2 Å². The van der Waals surface area contributed by atoms with Gasteiger partial charge in [-0.1, -0.05) is 0 Å². The number of piperidine rings is 1. The molecule has 5 nitrogen and oxygen atoms in total. The number of ether oxygens (including phenoxy) is 1. The van der Waals surface area contributed by atoms with Gasteiger partial charge in [0.2, 0.25) is 5.91 Å². The van der Waals surface area contributed by atoms with Crippen molar-refractivity contribution in [2.24, 2.45) is 0 Å². The second-order valence-electron chi connectivity index (χ2n) is 5.47. The van der Waals surface area contributed by atoms with Crippen LogP contribution in [0, 0.1) is 0 Å². The Morgan fingerprint density at radius 2 is 2.11 bits per heavy atom. The number of carbonyl (C=O) groups excluding carboxylic acids is 2. The summed E-state index contributed by atoms with van der Waals surface area (Å²) in [6, 6.07) is -0.0301. The number of amides is 2. The molecule has 0 aliphatic carbocycles. The molecule has 0 saturated carbocycles.